The first-order valence-corrected chi connectivity index (χ1v) is 6.73. The number of nitrogens with one attached hydrogen (secondary N) is 1. The summed E-state index contributed by atoms with van der Waals surface area (Å²) in [6, 6.07) is 7.19. The quantitative estimate of drug-likeness (QED) is 0.876. The third-order valence-electron chi connectivity index (χ3n) is 1.94. The average molecular weight is 318 g/mol. The summed E-state index contributed by atoms with van der Waals surface area (Å²) >= 11 is 4.39. The van der Waals surface area contributed by atoms with Crippen molar-refractivity contribution in [3.8, 4) is 0 Å². The van der Waals surface area contributed by atoms with Crippen molar-refractivity contribution in [2.45, 2.75) is 12.2 Å². The Balaban J connectivity index is 2.39. The highest BCUT2D eigenvalue weighted by atomic mass is 79.9. The Kier molecular flexibility index (Phi) is 5.50. The summed E-state index contributed by atoms with van der Waals surface area (Å²) in [5, 5.41) is 10.8. The van der Waals surface area contributed by atoms with Crippen LogP contribution in [0.5, 0.6) is 0 Å². The molecule has 6 heteroatoms. The summed E-state index contributed by atoms with van der Waals surface area (Å²) in [5.41, 5.74) is 0.696. The molecule has 0 heterocycles. The number of carboxylic acids is 1. The number of carboxylic acid groups (broad SMARTS) is 1. The van der Waals surface area contributed by atoms with Gasteiger partial charge < -0.3 is 10.4 Å². The Labute approximate surface area is 112 Å². The number of hydrogen-bond donors (Lipinski definition) is 2. The number of benzene rings is 1. The normalized spacial score (nSPS) is 11.9. The molecule has 1 amide bonds. The van der Waals surface area contributed by atoms with Gasteiger partial charge in [-0.3, -0.25) is 9.59 Å². The number of amides is 1. The molecule has 2 N–H and O–H groups in total. The van der Waals surface area contributed by atoms with Crippen molar-refractivity contribution in [2.24, 2.45) is 0 Å². The van der Waals surface area contributed by atoms with Crippen molar-refractivity contribution in [1.82, 2.24) is 0 Å². The molecule has 1 rings (SSSR count). The van der Waals surface area contributed by atoms with Gasteiger partial charge in [-0.25, -0.2) is 0 Å². The zero-order valence-electron chi connectivity index (χ0n) is 9.14. The lowest BCUT2D eigenvalue weighted by atomic mass is 10.3. The number of hydrogen-bond acceptors (Lipinski definition) is 3. The topological polar surface area (TPSA) is 66.4 Å². The molecule has 0 saturated heterocycles. The highest BCUT2D eigenvalue weighted by molar-refractivity contribution is 9.10. The molecule has 1 aromatic carbocycles. The maximum Gasteiger partial charge on any atom is 0.316 e. The van der Waals surface area contributed by atoms with Gasteiger partial charge in [0.05, 0.1) is 11.0 Å². The standard InChI is InChI=1S/C11H12BrNO3S/c1-7(11(15)16)17-6-10(14)13-9-4-2-8(12)3-5-9/h2-5,7H,6H2,1H3,(H,13,14)(H,15,16)/t7-/m0/s1. The smallest absolute Gasteiger partial charge is 0.316 e. The van der Waals surface area contributed by atoms with Gasteiger partial charge in [-0.05, 0) is 31.2 Å². The third-order valence-corrected chi connectivity index (χ3v) is 3.60. The van der Waals surface area contributed by atoms with E-state index in [0.29, 0.717) is 5.69 Å². The first-order chi connectivity index (χ1) is 7.99. The maximum atomic E-state index is 11.5. The SMILES string of the molecule is C[C@H](SCC(=O)Nc1ccc(Br)cc1)C(=O)O. The van der Waals surface area contributed by atoms with Crippen LogP contribution in [0.25, 0.3) is 0 Å². The molecule has 0 saturated carbocycles. The first-order valence-electron chi connectivity index (χ1n) is 4.89. The van der Waals surface area contributed by atoms with Gasteiger partial charge in [0.25, 0.3) is 0 Å². The monoisotopic (exact) mass is 317 g/mol. The number of carbonyl (C=O) groups excluding carboxylic acids is 1. The summed E-state index contributed by atoms with van der Waals surface area (Å²) in [6.45, 7) is 1.56. The second-order valence-electron chi connectivity index (χ2n) is 3.35. The molecule has 0 spiro atoms. The van der Waals surface area contributed by atoms with E-state index in [1.165, 1.54) is 0 Å². The van der Waals surface area contributed by atoms with E-state index in [0.717, 1.165) is 16.2 Å². The molecule has 1 atom stereocenters. The van der Waals surface area contributed by atoms with Gasteiger partial charge >= 0.3 is 5.97 Å². The fourth-order valence-corrected chi connectivity index (χ4v) is 1.88. The van der Waals surface area contributed by atoms with E-state index in [-0.39, 0.29) is 11.7 Å². The number of rotatable bonds is 5. The van der Waals surface area contributed by atoms with Crippen LogP contribution in [-0.4, -0.2) is 28.0 Å². The second-order valence-corrected chi connectivity index (χ2v) is 5.59. The van der Waals surface area contributed by atoms with Gasteiger partial charge in [0.15, 0.2) is 0 Å². The Morgan fingerprint density at radius 2 is 2.00 bits per heavy atom. The summed E-state index contributed by atoms with van der Waals surface area (Å²) in [4.78, 5) is 22.0. The molecule has 92 valence electrons. The Morgan fingerprint density at radius 3 is 2.53 bits per heavy atom. The van der Waals surface area contributed by atoms with E-state index in [1.807, 2.05) is 12.1 Å². The van der Waals surface area contributed by atoms with Gasteiger partial charge in [-0.2, -0.15) is 0 Å². The van der Waals surface area contributed by atoms with Gasteiger partial charge in [-0.1, -0.05) is 15.9 Å². The fraction of sp³-hybridized carbons (Fsp3) is 0.273. The minimum atomic E-state index is -0.911. The highest BCUT2D eigenvalue weighted by Crippen LogP contribution is 2.15. The number of thioether (sulfide) groups is 1. The molecule has 0 aliphatic carbocycles. The average Bonchev–Trinajstić information content (AvgIpc) is 2.29. The van der Waals surface area contributed by atoms with E-state index >= 15 is 0 Å². The molecule has 0 fully saturated rings. The Bertz CT molecular complexity index is 408. The number of anilines is 1. The van der Waals surface area contributed by atoms with Crippen LogP contribution < -0.4 is 5.32 Å². The van der Waals surface area contributed by atoms with E-state index in [4.69, 9.17) is 5.11 Å². The summed E-state index contributed by atoms with van der Waals surface area (Å²) < 4.78 is 0.935. The number of carbonyl (C=O) groups is 2. The molecule has 1 aromatic rings. The molecule has 0 aliphatic rings. The van der Waals surface area contributed by atoms with E-state index < -0.39 is 11.2 Å². The van der Waals surface area contributed by atoms with Crippen LogP contribution in [0.3, 0.4) is 0 Å². The Morgan fingerprint density at radius 1 is 1.41 bits per heavy atom. The van der Waals surface area contributed by atoms with Crippen molar-refractivity contribution in [3.63, 3.8) is 0 Å². The lowest BCUT2D eigenvalue weighted by Crippen LogP contribution is -2.19. The first kappa shape index (κ1) is 14.1. The minimum absolute atomic E-state index is 0.129. The van der Waals surface area contributed by atoms with Gasteiger partial charge in [0, 0.05) is 10.2 Å². The Hall–Kier alpha value is -1.01. The van der Waals surface area contributed by atoms with Crippen LogP contribution in [0.2, 0.25) is 0 Å². The zero-order valence-corrected chi connectivity index (χ0v) is 11.5. The van der Waals surface area contributed by atoms with Crippen LogP contribution in [-0.2, 0) is 9.59 Å². The van der Waals surface area contributed by atoms with Gasteiger partial charge in [-0.15, -0.1) is 11.8 Å². The van der Waals surface area contributed by atoms with Crippen LogP contribution >= 0.6 is 27.7 Å². The molecule has 0 unspecified atom stereocenters. The molecular weight excluding hydrogens is 306 g/mol. The highest BCUT2D eigenvalue weighted by Gasteiger charge is 2.13. The lowest BCUT2D eigenvalue weighted by molar-refractivity contribution is -0.136. The maximum absolute atomic E-state index is 11.5. The van der Waals surface area contributed by atoms with Crippen molar-refractivity contribution < 1.29 is 14.7 Å². The zero-order chi connectivity index (χ0) is 12.8. The lowest BCUT2D eigenvalue weighted by Gasteiger charge is -2.07. The number of halogens is 1. The van der Waals surface area contributed by atoms with Crippen LogP contribution in [0.4, 0.5) is 5.69 Å². The van der Waals surface area contributed by atoms with Crippen molar-refractivity contribution in [2.75, 3.05) is 11.1 Å². The molecule has 4 nitrogen and oxygen atoms in total. The molecular formula is C11H12BrNO3S. The van der Waals surface area contributed by atoms with E-state index in [1.54, 1.807) is 19.1 Å². The number of aliphatic carboxylic acids is 1. The minimum Gasteiger partial charge on any atom is -0.480 e. The van der Waals surface area contributed by atoms with E-state index in [2.05, 4.69) is 21.2 Å². The molecule has 0 radical (unpaired) electrons. The van der Waals surface area contributed by atoms with Crippen LogP contribution in [0, 0.1) is 0 Å². The largest absolute Gasteiger partial charge is 0.480 e. The molecule has 0 bridgehead atoms. The predicted octanol–water partition coefficient (Wildman–Crippen LogP) is 2.59. The van der Waals surface area contributed by atoms with Crippen LogP contribution in [0.15, 0.2) is 28.7 Å². The summed E-state index contributed by atoms with van der Waals surface area (Å²) in [7, 11) is 0. The second kappa shape index (κ2) is 6.66. The van der Waals surface area contributed by atoms with Crippen molar-refractivity contribution >= 4 is 45.3 Å². The summed E-state index contributed by atoms with van der Waals surface area (Å²) in [6.07, 6.45) is 0. The van der Waals surface area contributed by atoms with Gasteiger partial charge in [0.1, 0.15) is 0 Å². The summed E-state index contributed by atoms with van der Waals surface area (Å²) in [5.74, 6) is -0.986. The van der Waals surface area contributed by atoms with Crippen molar-refractivity contribution in [3.05, 3.63) is 28.7 Å². The fourth-order valence-electron chi connectivity index (χ4n) is 1.00. The molecule has 17 heavy (non-hydrogen) atoms. The molecule has 0 aromatic heterocycles. The van der Waals surface area contributed by atoms with Crippen molar-refractivity contribution in [1.29, 1.82) is 0 Å². The molecule has 0 aliphatic heterocycles. The predicted molar refractivity (Wildman–Crippen MR) is 72.3 cm³/mol. The van der Waals surface area contributed by atoms with Crippen LogP contribution in [0.1, 0.15) is 6.92 Å². The van der Waals surface area contributed by atoms with Gasteiger partial charge in [0.2, 0.25) is 5.91 Å². The third kappa shape index (κ3) is 5.23. The van der Waals surface area contributed by atoms with E-state index in [9.17, 15) is 9.59 Å².